The Morgan fingerprint density at radius 3 is 2.38 bits per heavy atom. The van der Waals surface area contributed by atoms with Crippen molar-refractivity contribution in [2.24, 2.45) is 0 Å². The molecule has 0 aliphatic heterocycles. The number of halogens is 1. The lowest BCUT2D eigenvalue weighted by atomic mass is 10.2. The molecule has 0 heterocycles. The van der Waals surface area contributed by atoms with Crippen LogP contribution in [0, 0.1) is 3.57 Å². The summed E-state index contributed by atoms with van der Waals surface area (Å²) in [6, 6.07) is 7.03. The fraction of sp³-hybridized carbons (Fsp3) is 0.500. The van der Waals surface area contributed by atoms with E-state index < -0.39 is 10.0 Å². The third-order valence-corrected chi connectivity index (χ3v) is 4.76. The van der Waals surface area contributed by atoms with Gasteiger partial charge < -0.3 is 5.32 Å². The van der Waals surface area contributed by atoms with E-state index in [2.05, 4.69) is 34.8 Å². The predicted molar refractivity (Wildman–Crippen MR) is 93.9 cm³/mol. The number of sulfonamides is 1. The molecular formula is C14H21IN2O3S. The van der Waals surface area contributed by atoms with E-state index in [4.69, 9.17) is 0 Å². The first kappa shape index (κ1) is 18.2. The Morgan fingerprint density at radius 2 is 1.86 bits per heavy atom. The molecule has 0 atom stereocenters. The molecule has 1 amide bonds. The van der Waals surface area contributed by atoms with Crippen LogP contribution >= 0.6 is 22.6 Å². The second-order valence-electron chi connectivity index (χ2n) is 4.80. The van der Waals surface area contributed by atoms with Crippen molar-refractivity contribution in [2.75, 3.05) is 23.7 Å². The zero-order valence-electron chi connectivity index (χ0n) is 12.3. The average molecular weight is 424 g/mol. The maximum Gasteiger partial charge on any atom is 0.240 e. The van der Waals surface area contributed by atoms with Gasteiger partial charge in [0.05, 0.1) is 11.9 Å². The van der Waals surface area contributed by atoms with Crippen molar-refractivity contribution in [3.8, 4) is 0 Å². The minimum Gasteiger partial charge on any atom is -0.355 e. The normalized spacial score (nSPS) is 11.2. The van der Waals surface area contributed by atoms with Crippen LogP contribution in [0.1, 0.15) is 26.2 Å². The molecule has 1 N–H and O–H groups in total. The van der Waals surface area contributed by atoms with Crippen LogP contribution in [0.2, 0.25) is 0 Å². The van der Waals surface area contributed by atoms with Crippen LogP contribution in [0.3, 0.4) is 0 Å². The fourth-order valence-corrected chi connectivity index (χ4v) is 3.01. The number of benzene rings is 1. The number of rotatable bonds is 8. The maximum atomic E-state index is 11.9. The molecule has 0 aliphatic rings. The minimum absolute atomic E-state index is 0.189. The smallest absolute Gasteiger partial charge is 0.240 e. The highest BCUT2D eigenvalue weighted by Crippen LogP contribution is 2.18. The zero-order valence-corrected chi connectivity index (χ0v) is 15.3. The van der Waals surface area contributed by atoms with Gasteiger partial charge in [-0.2, -0.15) is 0 Å². The maximum absolute atomic E-state index is 11.9. The molecule has 0 unspecified atom stereocenters. The summed E-state index contributed by atoms with van der Waals surface area (Å²) >= 11 is 2.15. The Kier molecular flexibility index (Phi) is 7.44. The monoisotopic (exact) mass is 424 g/mol. The molecule has 0 spiro atoms. The van der Waals surface area contributed by atoms with Gasteiger partial charge >= 0.3 is 0 Å². The van der Waals surface area contributed by atoms with Gasteiger partial charge in [0.25, 0.3) is 0 Å². The molecule has 0 saturated heterocycles. The molecule has 0 radical (unpaired) electrons. The van der Waals surface area contributed by atoms with Gasteiger partial charge in [0.1, 0.15) is 6.54 Å². The summed E-state index contributed by atoms with van der Waals surface area (Å²) in [5.41, 5.74) is 0.502. The molecule has 21 heavy (non-hydrogen) atoms. The van der Waals surface area contributed by atoms with Crippen molar-refractivity contribution < 1.29 is 13.2 Å². The third kappa shape index (κ3) is 6.64. The fourth-order valence-electron chi connectivity index (χ4n) is 1.80. The summed E-state index contributed by atoms with van der Waals surface area (Å²) < 4.78 is 25.9. The molecule has 0 aliphatic carbocycles. The van der Waals surface area contributed by atoms with Gasteiger partial charge in [-0.15, -0.1) is 0 Å². The number of nitrogens with zero attached hydrogens (tertiary/aromatic N) is 1. The van der Waals surface area contributed by atoms with E-state index in [0.29, 0.717) is 12.2 Å². The van der Waals surface area contributed by atoms with Crippen LogP contribution < -0.4 is 9.62 Å². The summed E-state index contributed by atoms with van der Waals surface area (Å²) in [5.74, 6) is -0.282. The predicted octanol–water partition coefficient (Wildman–Crippen LogP) is 2.36. The first-order valence-corrected chi connectivity index (χ1v) is 9.77. The van der Waals surface area contributed by atoms with Gasteiger partial charge in [0.2, 0.25) is 15.9 Å². The van der Waals surface area contributed by atoms with Crippen LogP contribution in [0.25, 0.3) is 0 Å². The molecule has 118 valence electrons. The number of amides is 1. The van der Waals surface area contributed by atoms with Crippen molar-refractivity contribution in [3.63, 3.8) is 0 Å². The third-order valence-electron chi connectivity index (χ3n) is 2.90. The molecule has 5 nitrogen and oxygen atoms in total. The molecule has 0 aromatic heterocycles. The first-order valence-electron chi connectivity index (χ1n) is 6.84. The second kappa shape index (κ2) is 8.57. The lowest BCUT2D eigenvalue weighted by Crippen LogP contribution is -2.40. The van der Waals surface area contributed by atoms with Crippen molar-refractivity contribution in [1.82, 2.24) is 5.32 Å². The van der Waals surface area contributed by atoms with Gasteiger partial charge in [-0.1, -0.05) is 19.8 Å². The topological polar surface area (TPSA) is 66.5 Å². The van der Waals surface area contributed by atoms with E-state index in [-0.39, 0.29) is 12.5 Å². The van der Waals surface area contributed by atoms with Crippen molar-refractivity contribution in [2.45, 2.75) is 26.2 Å². The molecule has 1 aromatic rings. The average Bonchev–Trinajstić information content (AvgIpc) is 2.41. The van der Waals surface area contributed by atoms with E-state index in [0.717, 1.165) is 33.4 Å². The number of carbonyl (C=O) groups excluding carboxylic acids is 1. The summed E-state index contributed by atoms with van der Waals surface area (Å²) in [4.78, 5) is 11.9. The van der Waals surface area contributed by atoms with Crippen LogP contribution in [0.4, 0.5) is 5.69 Å². The van der Waals surface area contributed by atoms with Crippen LogP contribution in [0.15, 0.2) is 24.3 Å². The highest BCUT2D eigenvalue weighted by atomic mass is 127. The second-order valence-corrected chi connectivity index (χ2v) is 7.96. The highest BCUT2D eigenvalue weighted by Gasteiger charge is 2.20. The van der Waals surface area contributed by atoms with Crippen LogP contribution in [-0.2, 0) is 14.8 Å². The molecular weight excluding hydrogens is 403 g/mol. The lowest BCUT2D eigenvalue weighted by Gasteiger charge is -2.22. The summed E-state index contributed by atoms with van der Waals surface area (Å²) in [6.07, 6.45) is 4.14. The molecule has 0 fully saturated rings. The Morgan fingerprint density at radius 1 is 1.24 bits per heavy atom. The van der Waals surface area contributed by atoms with Gasteiger partial charge in [-0.25, -0.2) is 8.42 Å². The van der Waals surface area contributed by atoms with E-state index in [1.165, 1.54) is 0 Å². The largest absolute Gasteiger partial charge is 0.355 e. The lowest BCUT2D eigenvalue weighted by molar-refractivity contribution is -0.119. The summed E-state index contributed by atoms with van der Waals surface area (Å²) in [6.45, 7) is 2.48. The minimum atomic E-state index is -3.49. The molecule has 0 bridgehead atoms. The van der Waals surface area contributed by atoms with E-state index in [1.807, 2.05) is 12.1 Å². The summed E-state index contributed by atoms with van der Waals surface area (Å²) in [5, 5.41) is 2.75. The highest BCUT2D eigenvalue weighted by molar-refractivity contribution is 14.1. The van der Waals surface area contributed by atoms with Gasteiger partial charge in [0.15, 0.2) is 0 Å². The van der Waals surface area contributed by atoms with Crippen LogP contribution in [0.5, 0.6) is 0 Å². The zero-order chi connectivity index (χ0) is 15.9. The number of anilines is 1. The van der Waals surface area contributed by atoms with Gasteiger partial charge in [0, 0.05) is 10.1 Å². The number of unbranched alkanes of at least 4 members (excludes halogenated alkanes) is 2. The molecule has 7 heteroatoms. The SMILES string of the molecule is CCCCCNC(=O)CN(c1ccc(I)cc1)S(C)(=O)=O. The Bertz CT molecular complexity index is 558. The van der Waals surface area contributed by atoms with E-state index in [1.54, 1.807) is 12.1 Å². The molecule has 1 rings (SSSR count). The first-order chi connectivity index (χ1) is 9.84. The standard InChI is InChI=1S/C14H21IN2O3S/c1-3-4-5-10-16-14(18)11-17(21(2,19)20)13-8-6-12(15)7-9-13/h6-9H,3-5,10-11H2,1-2H3,(H,16,18). The number of carbonyl (C=O) groups is 1. The van der Waals surface area contributed by atoms with Crippen molar-refractivity contribution in [1.29, 1.82) is 0 Å². The van der Waals surface area contributed by atoms with Crippen molar-refractivity contribution in [3.05, 3.63) is 27.8 Å². The van der Waals surface area contributed by atoms with Gasteiger partial charge in [-0.05, 0) is 53.3 Å². The number of hydrogen-bond donors (Lipinski definition) is 1. The van der Waals surface area contributed by atoms with Gasteiger partial charge in [-0.3, -0.25) is 9.10 Å². The molecule has 0 saturated carbocycles. The quantitative estimate of drug-likeness (QED) is 0.515. The number of nitrogens with one attached hydrogen (secondary N) is 1. The van der Waals surface area contributed by atoms with E-state index in [9.17, 15) is 13.2 Å². The summed E-state index contributed by atoms with van der Waals surface area (Å²) in [7, 11) is -3.49. The Balaban J connectivity index is 2.72. The Labute approximate surface area is 140 Å². The molecule has 1 aromatic carbocycles. The Hall–Kier alpha value is -0.830. The van der Waals surface area contributed by atoms with Crippen molar-refractivity contribution >= 4 is 44.2 Å². The number of hydrogen-bond acceptors (Lipinski definition) is 3. The van der Waals surface area contributed by atoms with Crippen LogP contribution in [-0.4, -0.2) is 33.7 Å². The van der Waals surface area contributed by atoms with E-state index >= 15 is 0 Å².